The quantitative estimate of drug-likeness (QED) is 0.557. The van der Waals surface area contributed by atoms with Gasteiger partial charge in [-0.1, -0.05) is 6.07 Å². The van der Waals surface area contributed by atoms with Gasteiger partial charge < -0.3 is 14.5 Å². The van der Waals surface area contributed by atoms with Gasteiger partial charge in [0.15, 0.2) is 17.4 Å². The Morgan fingerprint density at radius 1 is 1.00 bits per heavy atom. The molecule has 0 aromatic carbocycles. The molecule has 0 bridgehead atoms. The zero-order valence-corrected chi connectivity index (χ0v) is 18.8. The molecule has 2 aliphatic rings. The number of rotatable bonds is 7. The minimum atomic E-state index is 0.544. The SMILES string of the molecule is COc1cnc(-c2cccnc2C2CC2)nc1N(C)CC1CCN(c2ccccn2)CC1. The highest BCUT2D eigenvalue weighted by Gasteiger charge is 2.29. The summed E-state index contributed by atoms with van der Waals surface area (Å²) in [5.74, 6) is 4.50. The number of ether oxygens (including phenoxy) is 1. The van der Waals surface area contributed by atoms with Crippen molar-refractivity contribution in [3.8, 4) is 17.1 Å². The van der Waals surface area contributed by atoms with Crippen LogP contribution in [0.2, 0.25) is 0 Å². The van der Waals surface area contributed by atoms with Gasteiger partial charge in [-0.2, -0.15) is 0 Å². The summed E-state index contributed by atoms with van der Waals surface area (Å²) >= 11 is 0. The van der Waals surface area contributed by atoms with Crippen molar-refractivity contribution in [2.75, 3.05) is 43.6 Å². The summed E-state index contributed by atoms with van der Waals surface area (Å²) in [4.78, 5) is 23.3. The Bertz CT molecular complexity index is 1050. The summed E-state index contributed by atoms with van der Waals surface area (Å²) in [6, 6.07) is 10.2. The fourth-order valence-electron chi connectivity index (χ4n) is 4.56. The van der Waals surface area contributed by atoms with Gasteiger partial charge in [0.05, 0.1) is 19.0 Å². The molecule has 0 unspecified atom stereocenters. The van der Waals surface area contributed by atoms with Crippen LogP contribution in [0.3, 0.4) is 0 Å². The average molecular weight is 431 g/mol. The van der Waals surface area contributed by atoms with Crippen LogP contribution in [-0.2, 0) is 0 Å². The summed E-state index contributed by atoms with van der Waals surface area (Å²) in [7, 11) is 3.78. The third kappa shape index (κ3) is 4.38. The third-order valence-electron chi connectivity index (χ3n) is 6.48. The number of nitrogens with zero attached hydrogens (tertiary/aromatic N) is 6. The second kappa shape index (κ2) is 9.10. The zero-order valence-electron chi connectivity index (χ0n) is 18.8. The maximum atomic E-state index is 5.61. The molecule has 3 aromatic heterocycles. The molecule has 0 amide bonds. The van der Waals surface area contributed by atoms with Crippen molar-refractivity contribution in [1.82, 2.24) is 19.9 Å². The number of hydrogen-bond acceptors (Lipinski definition) is 7. The van der Waals surface area contributed by atoms with Gasteiger partial charge in [-0.05, 0) is 55.9 Å². The summed E-state index contributed by atoms with van der Waals surface area (Å²) in [5.41, 5.74) is 2.16. The number of methoxy groups -OCH3 is 1. The number of anilines is 2. The van der Waals surface area contributed by atoms with Crippen LogP contribution in [-0.4, -0.2) is 53.7 Å². The monoisotopic (exact) mass is 430 g/mol. The van der Waals surface area contributed by atoms with Crippen molar-refractivity contribution in [1.29, 1.82) is 0 Å². The van der Waals surface area contributed by atoms with Gasteiger partial charge in [0.1, 0.15) is 5.82 Å². The fraction of sp³-hybridized carbons (Fsp3) is 0.440. The third-order valence-corrected chi connectivity index (χ3v) is 6.48. The molecule has 0 radical (unpaired) electrons. The standard InChI is InChI=1S/C25H30N6O/c1-30(17-18-10-14-31(15-11-18)22-7-3-4-12-26-22)25-21(32-2)16-28-24(29-25)20-6-5-13-27-23(20)19-8-9-19/h3-7,12-13,16,18-19H,8-11,14-15,17H2,1-2H3. The zero-order chi connectivity index (χ0) is 21.9. The van der Waals surface area contributed by atoms with Crippen molar-refractivity contribution in [2.24, 2.45) is 5.92 Å². The van der Waals surface area contributed by atoms with Gasteiger partial charge in [0.2, 0.25) is 0 Å². The fourth-order valence-corrected chi connectivity index (χ4v) is 4.56. The topological polar surface area (TPSA) is 67.3 Å². The molecule has 1 aliphatic heterocycles. The minimum absolute atomic E-state index is 0.544. The molecule has 5 rings (SSSR count). The Morgan fingerprint density at radius 3 is 2.53 bits per heavy atom. The first-order valence-electron chi connectivity index (χ1n) is 11.5. The van der Waals surface area contributed by atoms with Gasteiger partial charge >= 0.3 is 0 Å². The largest absolute Gasteiger partial charge is 0.491 e. The summed E-state index contributed by atoms with van der Waals surface area (Å²) < 4.78 is 5.61. The van der Waals surface area contributed by atoms with E-state index < -0.39 is 0 Å². The molecule has 7 nitrogen and oxygen atoms in total. The maximum Gasteiger partial charge on any atom is 0.179 e. The van der Waals surface area contributed by atoms with E-state index >= 15 is 0 Å². The Hall–Kier alpha value is -3.22. The van der Waals surface area contributed by atoms with Crippen LogP contribution >= 0.6 is 0 Å². The first kappa shape index (κ1) is 20.7. The van der Waals surface area contributed by atoms with Gasteiger partial charge in [-0.3, -0.25) is 4.98 Å². The van der Waals surface area contributed by atoms with Crippen LogP contribution in [0.25, 0.3) is 11.4 Å². The predicted molar refractivity (Wildman–Crippen MR) is 126 cm³/mol. The van der Waals surface area contributed by atoms with Crippen molar-refractivity contribution in [3.05, 3.63) is 54.6 Å². The van der Waals surface area contributed by atoms with Crippen LogP contribution in [0.5, 0.6) is 5.75 Å². The molecule has 1 aliphatic carbocycles. The molecule has 32 heavy (non-hydrogen) atoms. The number of aromatic nitrogens is 4. The molecule has 0 N–H and O–H groups in total. The molecule has 4 heterocycles. The molecular formula is C25H30N6O. The van der Waals surface area contributed by atoms with Crippen LogP contribution in [0.1, 0.15) is 37.3 Å². The lowest BCUT2D eigenvalue weighted by molar-refractivity contribution is 0.395. The van der Waals surface area contributed by atoms with Crippen molar-refractivity contribution in [3.63, 3.8) is 0 Å². The molecule has 3 aromatic rings. The van der Waals surface area contributed by atoms with Crippen molar-refractivity contribution >= 4 is 11.6 Å². The Labute approximate surface area is 189 Å². The first-order valence-corrected chi connectivity index (χ1v) is 11.5. The number of piperidine rings is 1. The van der Waals surface area contributed by atoms with Crippen LogP contribution < -0.4 is 14.5 Å². The van der Waals surface area contributed by atoms with E-state index in [2.05, 4.69) is 50.0 Å². The van der Waals surface area contributed by atoms with Crippen molar-refractivity contribution in [2.45, 2.75) is 31.6 Å². The number of pyridine rings is 2. The molecule has 2 fully saturated rings. The lowest BCUT2D eigenvalue weighted by Crippen LogP contribution is -2.38. The summed E-state index contributed by atoms with van der Waals surface area (Å²) in [6.07, 6.45) is 10.2. The van der Waals surface area contributed by atoms with Crippen LogP contribution in [0.15, 0.2) is 48.9 Å². The lowest BCUT2D eigenvalue weighted by atomic mass is 9.96. The van der Waals surface area contributed by atoms with Gasteiger partial charge in [0, 0.05) is 50.6 Å². The van der Waals surface area contributed by atoms with E-state index in [4.69, 9.17) is 9.72 Å². The second-order valence-electron chi connectivity index (χ2n) is 8.79. The van der Waals surface area contributed by atoms with E-state index in [1.807, 2.05) is 24.5 Å². The predicted octanol–water partition coefficient (Wildman–Crippen LogP) is 4.17. The van der Waals surface area contributed by atoms with E-state index in [1.54, 1.807) is 13.3 Å². The van der Waals surface area contributed by atoms with Gasteiger partial charge in [-0.25, -0.2) is 15.0 Å². The van der Waals surface area contributed by atoms with Crippen LogP contribution in [0.4, 0.5) is 11.6 Å². The maximum absolute atomic E-state index is 5.61. The van der Waals surface area contributed by atoms with E-state index in [0.717, 1.165) is 61.2 Å². The molecular weight excluding hydrogens is 400 g/mol. The van der Waals surface area contributed by atoms with E-state index in [1.165, 1.54) is 12.8 Å². The van der Waals surface area contributed by atoms with Crippen molar-refractivity contribution < 1.29 is 4.74 Å². The Balaban J connectivity index is 1.30. The highest BCUT2D eigenvalue weighted by molar-refractivity contribution is 5.64. The molecule has 7 heteroatoms. The summed E-state index contributed by atoms with van der Waals surface area (Å²) in [5, 5.41) is 0. The first-order chi connectivity index (χ1) is 15.7. The smallest absolute Gasteiger partial charge is 0.179 e. The van der Waals surface area contributed by atoms with E-state index in [-0.39, 0.29) is 0 Å². The molecule has 166 valence electrons. The Kier molecular flexibility index (Phi) is 5.88. The molecule has 0 atom stereocenters. The highest BCUT2D eigenvalue weighted by atomic mass is 16.5. The molecule has 1 saturated heterocycles. The van der Waals surface area contributed by atoms with Crippen LogP contribution in [0, 0.1) is 5.92 Å². The molecule has 1 saturated carbocycles. The molecule has 0 spiro atoms. The normalized spacial score (nSPS) is 16.8. The average Bonchev–Trinajstić information content (AvgIpc) is 3.70. The van der Waals surface area contributed by atoms with E-state index in [9.17, 15) is 0 Å². The summed E-state index contributed by atoms with van der Waals surface area (Å²) in [6.45, 7) is 3.00. The van der Waals surface area contributed by atoms with Gasteiger partial charge in [0.25, 0.3) is 0 Å². The van der Waals surface area contributed by atoms with E-state index in [0.29, 0.717) is 17.6 Å². The lowest BCUT2D eigenvalue weighted by Gasteiger charge is -2.35. The number of hydrogen-bond donors (Lipinski definition) is 0. The van der Waals surface area contributed by atoms with Gasteiger partial charge in [-0.15, -0.1) is 0 Å². The second-order valence-corrected chi connectivity index (χ2v) is 8.79. The minimum Gasteiger partial charge on any atom is -0.491 e. The highest BCUT2D eigenvalue weighted by Crippen LogP contribution is 2.43. The Morgan fingerprint density at radius 2 is 1.81 bits per heavy atom.